The molecule has 0 aliphatic rings. The van der Waals surface area contributed by atoms with Crippen LogP contribution in [0.1, 0.15) is 11.5 Å². The molecule has 0 saturated carbocycles. The van der Waals surface area contributed by atoms with Gasteiger partial charge in [-0.3, -0.25) is 0 Å². The summed E-state index contributed by atoms with van der Waals surface area (Å²) in [7, 11) is 0. The van der Waals surface area contributed by atoms with E-state index < -0.39 is 5.76 Å². The summed E-state index contributed by atoms with van der Waals surface area (Å²) in [4.78, 5) is 10.9. The molecule has 0 aliphatic carbocycles. The minimum atomic E-state index is -0.587. The highest BCUT2D eigenvalue weighted by Crippen LogP contribution is 2.34. The van der Waals surface area contributed by atoms with Crippen LogP contribution >= 0.6 is 23.2 Å². The summed E-state index contributed by atoms with van der Waals surface area (Å²) in [6.07, 6.45) is 0.342. The van der Waals surface area contributed by atoms with Gasteiger partial charge in [0, 0.05) is 0 Å². The molecule has 0 bridgehead atoms. The molecule has 22 heavy (non-hydrogen) atoms. The SMILES string of the molecule is O=c1[nH]nc(Cc2ccc(Cl)c(Oc3ccccc3Cl)c2)o1. The summed E-state index contributed by atoms with van der Waals surface area (Å²) in [6, 6.07) is 12.4. The van der Waals surface area contributed by atoms with Gasteiger partial charge < -0.3 is 9.15 Å². The number of nitrogens with one attached hydrogen (secondary N) is 1. The lowest BCUT2D eigenvalue weighted by molar-refractivity contribution is 0.469. The molecule has 0 unspecified atom stereocenters. The van der Waals surface area contributed by atoms with E-state index in [0.717, 1.165) is 5.56 Å². The number of aromatic nitrogens is 2. The summed E-state index contributed by atoms with van der Waals surface area (Å²) in [5, 5.41) is 6.92. The zero-order valence-electron chi connectivity index (χ0n) is 11.2. The average Bonchev–Trinajstić information content (AvgIpc) is 2.90. The van der Waals surface area contributed by atoms with Crippen molar-refractivity contribution in [2.45, 2.75) is 6.42 Å². The highest BCUT2D eigenvalue weighted by atomic mass is 35.5. The molecule has 0 amide bonds. The Labute approximate surface area is 135 Å². The molecule has 1 heterocycles. The van der Waals surface area contributed by atoms with E-state index in [9.17, 15) is 4.79 Å². The number of aromatic amines is 1. The second kappa shape index (κ2) is 6.25. The van der Waals surface area contributed by atoms with Crippen LogP contribution in [0.2, 0.25) is 10.0 Å². The van der Waals surface area contributed by atoms with E-state index >= 15 is 0 Å². The van der Waals surface area contributed by atoms with Crippen LogP contribution in [0.3, 0.4) is 0 Å². The van der Waals surface area contributed by atoms with Crippen molar-refractivity contribution in [3.8, 4) is 11.5 Å². The zero-order valence-corrected chi connectivity index (χ0v) is 12.7. The summed E-state index contributed by atoms with van der Waals surface area (Å²) in [6.45, 7) is 0. The molecule has 1 aromatic heterocycles. The number of ether oxygens (including phenoxy) is 1. The third-order valence-electron chi connectivity index (χ3n) is 2.89. The Kier molecular flexibility index (Phi) is 4.18. The molecule has 2 aromatic carbocycles. The normalized spacial score (nSPS) is 10.6. The highest BCUT2D eigenvalue weighted by Gasteiger charge is 2.09. The van der Waals surface area contributed by atoms with Crippen LogP contribution < -0.4 is 10.5 Å². The first-order chi connectivity index (χ1) is 10.6. The summed E-state index contributed by atoms with van der Waals surface area (Å²) in [5.74, 6) is 0.673. The van der Waals surface area contributed by atoms with E-state index in [4.69, 9.17) is 32.4 Å². The molecule has 7 heteroatoms. The Morgan fingerprint density at radius 1 is 1.09 bits per heavy atom. The lowest BCUT2D eigenvalue weighted by atomic mass is 10.1. The third kappa shape index (κ3) is 3.32. The van der Waals surface area contributed by atoms with Crippen LogP contribution in [0, 0.1) is 0 Å². The molecule has 0 saturated heterocycles. The van der Waals surface area contributed by atoms with Gasteiger partial charge in [-0.1, -0.05) is 41.4 Å². The number of hydrogen-bond acceptors (Lipinski definition) is 4. The molecular weight excluding hydrogens is 327 g/mol. The molecule has 0 fully saturated rings. The predicted molar refractivity (Wildman–Crippen MR) is 82.9 cm³/mol. The maximum absolute atomic E-state index is 10.9. The minimum Gasteiger partial charge on any atom is -0.454 e. The first kappa shape index (κ1) is 14.7. The third-order valence-corrected chi connectivity index (χ3v) is 3.51. The van der Waals surface area contributed by atoms with E-state index in [2.05, 4.69) is 10.2 Å². The molecule has 1 N–H and O–H groups in total. The Morgan fingerprint density at radius 3 is 2.59 bits per heavy atom. The Balaban J connectivity index is 1.87. The van der Waals surface area contributed by atoms with Crippen LogP contribution in [-0.2, 0) is 6.42 Å². The first-order valence-electron chi connectivity index (χ1n) is 6.37. The topological polar surface area (TPSA) is 68.1 Å². The summed E-state index contributed by atoms with van der Waals surface area (Å²) >= 11 is 12.2. The molecule has 0 spiro atoms. The van der Waals surface area contributed by atoms with Crippen molar-refractivity contribution in [1.82, 2.24) is 10.2 Å². The predicted octanol–water partition coefficient (Wildman–Crippen LogP) is 4.05. The fraction of sp³-hybridized carbons (Fsp3) is 0.0667. The lowest BCUT2D eigenvalue weighted by Gasteiger charge is -2.10. The van der Waals surface area contributed by atoms with Gasteiger partial charge in [0.15, 0.2) is 0 Å². The van der Waals surface area contributed by atoms with Gasteiger partial charge in [0.25, 0.3) is 0 Å². The second-order valence-corrected chi connectivity index (χ2v) is 5.30. The monoisotopic (exact) mass is 336 g/mol. The van der Waals surface area contributed by atoms with Crippen molar-refractivity contribution in [2.75, 3.05) is 0 Å². The number of hydrogen-bond donors (Lipinski definition) is 1. The van der Waals surface area contributed by atoms with E-state index in [1.54, 1.807) is 30.3 Å². The second-order valence-electron chi connectivity index (χ2n) is 4.48. The fourth-order valence-corrected chi connectivity index (χ4v) is 2.22. The van der Waals surface area contributed by atoms with Crippen LogP contribution in [-0.4, -0.2) is 10.2 Å². The Morgan fingerprint density at radius 2 is 1.86 bits per heavy atom. The fourth-order valence-electron chi connectivity index (χ4n) is 1.89. The van der Waals surface area contributed by atoms with Gasteiger partial charge in [-0.05, 0) is 29.8 Å². The number of para-hydroxylation sites is 1. The van der Waals surface area contributed by atoms with E-state index in [1.807, 2.05) is 12.1 Å². The standard InChI is InChI=1S/C15H10Cl2N2O3/c16-10-3-1-2-4-12(10)21-13-7-9(5-6-11(13)17)8-14-18-19-15(20)22-14/h1-7H,8H2,(H,19,20). The van der Waals surface area contributed by atoms with Crippen molar-refractivity contribution >= 4 is 23.2 Å². The number of H-pyrrole nitrogens is 1. The van der Waals surface area contributed by atoms with E-state index in [0.29, 0.717) is 28.0 Å². The van der Waals surface area contributed by atoms with E-state index in [1.165, 1.54) is 0 Å². The smallest absolute Gasteiger partial charge is 0.434 e. The lowest BCUT2D eigenvalue weighted by Crippen LogP contribution is -1.94. The molecule has 3 rings (SSSR count). The van der Waals surface area contributed by atoms with E-state index in [-0.39, 0.29) is 5.89 Å². The number of rotatable bonds is 4. The van der Waals surface area contributed by atoms with Crippen molar-refractivity contribution in [3.05, 3.63) is 74.5 Å². The zero-order chi connectivity index (χ0) is 15.5. The van der Waals surface area contributed by atoms with Crippen molar-refractivity contribution in [1.29, 1.82) is 0 Å². The van der Waals surface area contributed by atoms with Gasteiger partial charge in [0.2, 0.25) is 5.89 Å². The summed E-state index contributed by atoms with van der Waals surface area (Å²) < 4.78 is 10.6. The molecule has 0 radical (unpaired) electrons. The highest BCUT2D eigenvalue weighted by molar-refractivity contribution is 6.32. The van der Waals surface area contributed by atoms with Gasteiger partial charge in [0.05, 0.1) is 16.5 Å². The van der Waals surface area contributed by atoms with Gasteiger partial charge in [-0.2, -0.15) is 0 Å². The number of halogens is 2. The number of nitrogens with zero attached hydrogens (tertiary/aromatic N) is 1. The van der Waals surface area contributed by atoms with Crippen LogP contribution in [0.4, 0.5) is 0 Å². The van der Waals surface area contributed by atoms with Crippen LogP contribution in [0.15, 0.2) is 51.7 Å². The van der Waals surface area contributed by atoms with Crippen LogP contribution in [0.5, 0.6) is 11.5 Å². The van der Waals surface area contributed by atoms with Crippen molar-refractivity contribution < 1.29 is 9.15 Å². The van der Waals surface area contributed by atoms with Gasteiger partial charge in [-0.15, -0.1) is 5.10 Å². The Bertz CT molecular complexity index is 858. The Hall–Kier alpha value is -2.24. The molecule has 5 nitrogen and oxygen atoms in total. The number of benzene rings is 2. The van der Waals surface area contributed by atoms with Gasteiger partial charge >= 0.3 is 5.76 Å². The minimum absolute atomic E-state index is 0.288. The summed E-state index contributed by atoms with van der Waals surface area (Å²) in [5.41, 5.74) is 0.835. The van der Waals surface area contributed by atoms with Gasteiger partial charge in [0.1, 0.15) is 11.5 Å². The molecule has 112 valence electrons. The maximum Gasteiger partial charge on any atom is 0.434 e. The maximum atomic E-state index is 10.9. The quantitative estimate of drug-likeness (QED) is 0.780. The molecule has 0 atom stereocenters. The van der Waals surface area contributed by atoms with Crippen LogP contribution in [0.25, 0.3) is 0 Å². The average molecular weight is 337 g/mol. The van der Waals surface area contributed by atoms with Crippen molar-refractivity contribution in [3.63, 3.8) is 0 Å². The largest absolute Gasteiger partial charge is 0.454 e. The van der Waals surface area contributed by atoms with Gasteiger partial charge in [-0.25, -0.2) is 9.89 Å². The molecular formula is C15H10Cl2N2O3. The molecule has 0 aliphatic heterocycles. The van der Waals surface area contributed by atoms with Crippen molar-refractivity contribution in [2.24, 2.45) is 0 Å². The molecule has 3 aromatic rings. The first-order valence-corrected chi connectivity index (χ1v) is 7.12.